The molecule has 3 N–H and O–H groups in total. The van der Waals surface area contributed by atoms with E-state index in [2.05, 4.69) is 5.32 Å². The van der Waals surface area contributed by atoms with Gasteiger partial charge >= 0.3 is 0 Å². The van der Waals surface area contributed by atoms with E-state index in [1.54, 1.807) is 7.11 Å². The molecule has 0 radical (unpaired) electrons. The van der Waals surface area contributed by atoms with Gasteiger partial charge in [-0.2, -0.15) is 0 Å². The molecule has 1 atom stereocenters. The maximum Gasteiger partial charge on any atom is 0.223 e. The minimum atomic E-state index is 0.0735. The Morgan fingerprint density at radius 2 is 2.12 bits per heavy atom. The Labute approximate surface area is 97.9 Å². The predicted octanol–water partition coefficient (Wildman–Crippen LogP) is 1.05. The largest absolute Gasteiger partial charge is 0.383 e. The normalized spacial score (nSPS) is 19.4. The SMILES string of the molecule is COCC(CCN)NC(=O)C1CCCCC1. The molecule has 1 aliphatic rings. The molecule has 1 rings (SSSR count). The molecule has 1 saturated carbocycles. The second-order valence-corrected chi connectivity index (χ2v) is 4.57. The van der Waals surface area contributed by atoms with E-state index < -0.39 is 0 Å². The number of nitrogens with one attached hydrogen (secondary N) is 1. The number of methoxy groups -OCH3 is 1. The van der Waals surface area contributed by atoms with Crippen LogP contribution in [0.4, 0.5) is 0 Å². The lowest BCUT2D eigenvalue weighted by Crippen LogP contribution is -2.42. The van der Waals surface area contributed by atoms with Crippen LogP contribution in [0.1, 0.15) is 38.5 Å². The lowest BCUT2D eigenvalue weighted by molar-refractivity contribution is -0.127. The summed E-state index contributed by atoms with van der Waals surface area (Å²) >= 11 is 0. The van der Waals surface area contributed by atoms with Gasteiger partial charge in [-0.1, -0.05) is 19.3 Å². The molecule has 0 aromatic rings. The van der Waals surface area contributed by atoms with Crippen LogP contribution < -0.4 is 11.1 Å². The fourth-order valence-corrected chi connectivity index (χ4v) is 2.28. The van der Waals surface area contributed by atoms with Crippen molar-refractivity contribution in [3.63, 3.8) is 0 Å². The number of carbonyl (C=O) groups excluding carboxylic acids is 1. The summed E-state index contributed by atoms with van der Waals surface area (Å²) in [5.41, 5.74) is 5.51. The summed E-state index contributed by atoms with van der Waals surface area (Å²) in [5, 5.41) is 3.04. The van der Waals surface area contributed by atoms with E-state index in [1.807, 2.05) is 0 Å². The van der Waals surface area contributed by atoms with E-state index in [0.717, 1.165) is 19.3 Å². The number of amides is 1. The van der Waals surface area contributed by atoms with Crippen molar-refractivity contribution in [2.24, 2.45) is 11.7 Å². The second-order valence-electron chi connectivity index (χ2n) is 4.57. The number of hydrogen-bond acceptors (Lipinski definition) is 3. The average molecular weight is 228 g/mol. The van der Waals surface area contributed by atoms with E-state index in [4.69, 9.17) is 10.5 Å². The van der Waals surface area contributed by atoms with Crippen LogP contribution in [0.3, 0.4) is 0 Å². The minimum Gasteiger partial charge on any atom is -0.383 e. The first-order valence-electron chi connectivity index (χ1n) is 6.27. The first kappa shape index (κ1) is 13.5. The number of hydrogen-bond donors (Lipinski definition) is 2. The summed E-state index contributed by atoms with van der Waals surface area (Å²) in [6.45, 7) is 1.13. The van der Waals surface area contributed by atoms with Gasteiger partial charge in [-0.3, -0.25) is 4.79 Å². The summed E-state index contributed by atoms with van der Waals surface area (Å²) < 4.78 is 5.07. The zero-order valence-corrected chi connectivity index (χ0v) is 10.2. The summed E-state index contributed by atoms with van der Waals surface area (Å²) in [6.07, 6.45) is 6.50. The highest BCUT2D eigenvalue weighted by Crippen LogP contribution is 2.23. The van der Waals surface area contributed by atoms with Crippen LogP contribution in [0, 0.1) is 5.92 Å². The van der Waals surface area contributed by atoms with Crippen LogP contribution in [0.5, 0.6) is 0 Å². The number of rotatable bonds is 6. The monoisotopic (exact) mass is 228 g/mol. The van der Waals surface area contributed by atoms with Gasteiger partial charge < -0.3 is 15.8 Å². The second kappa shape index (κ2) is 7.63. The Bertz CT molecular complexity index is 197. The molecule has 4 nitrogen and oxygen atoms in total. The lowest BCUT2D eigenvalue weighted by atomic mass is 9.88. The van der Waals surface area contributed by atoms with Gasteiger partial charge in [-0.25, -0.2) is 0 Å². The number of carbonyl (C=O) groups is 1. The fraction of sp³-hybridized carbons (Fsp3) is 0.917. The maximum absolute atomic E-state index is 12.0. The van der Waals surface area contributed by atoms with Crippen LogP contribution in [-0.4, -0.2) is 32.2 Å². The molecule has 0 spiro atoms. The van der Waals surface area contributed by atoms with Crippen LogP contribution in [0.25, 0.3) is 0 Å². The van der Waals surface area contributed by atoms with E-state index in [9.17, 15) is 4.79 Å². The quantitative estimate of drug-likeness (QED) is 0.714. The van der Waals surface area contributed by atoms with E-state index in [-0.39, 0.29) is 17.9 Å². The Kier molecular flexibility index (Phi) is 6.42. The van der Waals surface area contributed by atoms with Gasteiger partial charge in [0.15, 0.2) is 0 Å². The van der Waals surface area contributed by atoms with Gasteiger partial charge in [0.25, 0.3) is 0 Å². The molecule has 0 aromatic carbocycles. The average Bonchev–Trinajstić information content (AvgIpc) is 2.31. The topological polar surface area (TPSA) is 64.3 Å². The molecular weight excluding hydrogens is 204 g/mol. The van der Waals surface area contributed by atoms with Crippen LogP contribution in [0.2, 0.25) is 0 Å². The van der Waals surface area contributed by atoms with Gasteiger partial charge in [-0.05, 0) is 25.8 Å². The number of nitrogens with two attached hydrogens (primary N) is 1. The molecule has 16 heavy (non-hydrogen) atoms. The van der Waals surface area contributed by atoms with Crippen molar-refractivity contribution < 1.29 is 9.53 Å². The third kappa shape index (κ3) is 4.49. The van der Waals surface area contributed by atoms with Gasteiger partial charge in [-0.15, -0.1) is 0 Å². The van der Waals surface area contributed by atoms with Crippen molar-refractivity contribution in [2.75, 3.05) is 20.3 Å². The standard InChI is InChI=1S/C12H24N2O2/c1-16-9-11(7-8-13)14-12(15)10-5-3-2-4-6-10/h10-11H,2-9,13H2,1H3,(H,14,15). The third-order valence-electron chi connectivity index (χ3n) is 3.21. The molecule has 0 saturated heterocycles. The maximum atomic E-state index is 12.0. The van der Waals surface area contributed by atoms with Gasteiger partial charge in [0.1, 0.15) is 0 Å². The van der Waals surface area contributed by atoms with Crippen molar-refractivity contribution in [3.8, 4) is 0 Å². The van der Waals surface area contributed by atoms with Gasteiger partial charge in [0.2, 0.25) is 5.91 Å². The lowest BCUT2D eigenvalue weighted by Gasteiger charge is -2.24. The van der Waals surface area contributed by atoms with Crippen LogP contribution >= 0.6 is 0 Å². The Balaban J connectivity index is 2.33. The minimum absolute atomic E-state index is 0.0735. The fourth-order valence-electron chi connectivity index (χ4n) is 2.28. The highest BCUT2D eigenvalue weighted by molar-refractivity contribution is 5.79. The Morgan fingerprint density at radius 3 is 2.69 bits per heavy atom. The zero-order valence-electron chi connectivity index (χ0n) is 10.2. The summed E-state index contributed by atoms with van der Waals surface area (Å²) in [5.74, 6) is 0.404. The van der Waals surface area contributed by atoms with Crippen molar-refractivity contribution in [1.82, 2.24) is 5.32 Å². The molecule has 94 valence electrons. The smallest absolute Gasteiger partial charge is 0.223 e. The van der Waals surface area contributed by atoms with E-state index in [0.29, 0.717) is 13.2 Å². The molecule has 1 aliphatic carbocycles. The molecule has 1 unspecified atom stereocenters. The summed E-state index contributed by atoms with van der Waals surface area (Å²) in [7, 11) is 1.65. The van der Waals surface area contributed by atoms with Crippen molar-refractivity contribution in [2.45, 2.75) is 44.6 Å². The molecule has 0 heterocycles. The molecule has 0 aliphatic heterocycles. The first-order chi connectivity index (χ1) is 7.77. The van der Waals surface area contributed by atoms with Gasteiger partial charge in [0, 0.05) is 13.0 Å². The molecule has 0 bridgehead atoms. The van der Waals surface area contributed by atoms with Gasteiger partial charge in [0.05, 0.1) is 12.6 Å². The molecule has 4 heteroatoms. The van der Waals surface area contributed by atoms with Crippen LogP contribution in [-0.2, 0) is 9.53 Å². The van der Waals surface area contributed by atoms with Crippen molar-refractivity contribution >= 4 is 5.91 Å². The van der Waals surface area contributed by atoms with E-state index in [1.165, 1.54) is 19.3 Å². The zero-order chi connectivity index (χ0) is 11.8. The van der Waals surface area contributed by atoms with E-state index >= 15 is 0 Å². The highest BCUT2D eigenvalue weighted by Gasteiger charge is 2.22. The molecule has 1 amide bonds. The summed E-state index contributed by atoms with van der Waals surface area (Å²) in [4.78, 5) is 12.0. The molecular formula is C12H24N2O2. The van der Waals surface area contributed by atoms with Crippen molar-refractivity contribution in [1.29, 1.82) is 0 Å². The van der Waals surface area contributed by atoms with Crippen LogP contribution in [0.15, 0.2) is 0 Å². The van der Waals surface area contributed by atoms with Crippen molar-refractivity contribution in [3.05, 3.63) is 0 Å². The molecule has 0 aromatic heterocycles. The Morgan fingerprint density at radius 1 is 1.44 bits per heavy atom. The predicted molar refractivity (Wildman–Crippen MR) is 64.1 cm³/mol. The number of ether oxygens (including phenoxy) is 1. The molecule has 1 fully saturated rings. The summed E-state index contributed by atoms with van der Waals surface area (Å²) in [6, 6.07) is 0.0735. The first-order valence-corrected chi connectivity index (χ1v) is 6.27. The highest BCUT2D eigenvalue weighted by atomic mass is 16.5. The third-order valence-corrected chi connectivity index (χ3v) is 3.21. The Hall–Kier alpha value is -0.610.